The fourth-order valence-electron chi connectivity index (χ4n) is 2.62. The van der Waals surface area contributed by atoms with E-state index in [0.717, 1.165) is 19.0 Å². The van der Waals surface area contributed by atoms with E-state index in [0.29, 0.717) is 18.7 Å². The summed E-state index contributed by atoms with van der Waals surface area (Å²) in [6.07, 6.45) is 0.751. The number of nitrogens with zero attached hydrogens (tertiary/aromatic N) is 2. The summed E-state index contributed by atoms with van der Waals surface area (Å²) in [5.41, 5.74) is 0.310. The van der Waals surface area contributed by atoms with Gasteiger partial charge in [-0.15, -0.1) is 0 Å². The topological polar surface area (TPSA) is 92.6 Å². The molecule has 21 heavy (non-hydrogen) atoms. The molecule has 0 aliphatic carbocycles. The molecule has 1 fully saturated rings. The summed E-state index contributed by atoms with van der Waals surface area (Å²) < 4.78 is 27.1. The third kappa shape index (κ3) is 3.07. The fourth-order valence-corrected chi connectivity index (χ4v) is 4.53. The Hall–Kier alpha value is -1.51. The van der Waals surface area contributed by atoms with Crippen LogP contribution < -0.4 is 5.32 Å². The number of likely N-dealkylation sites (N-methyl/N-ethyl adjacent to an activating group) is 1. The molecule has 1 aromatic carbocycles. The Balaban J connectivity index is 2.46. The van der Waals surface area contributed by atoms with Crippen molar-refractivity contribution in [2.45, 2.75) is 31.2 Å². The molecule has 1 aromatic rings. The average molecular weight is 313 g/mol. The molecule has 116 valence electrons. The fraction of sp³-hybridized carbons (Fsp3) is 0.538. The lowest BCUT2D eigenvalue weighted by atomic mass is 10.2. The molecular formula is C13H19N3O4S. The van der Waals surface area contributed by atoms with E-state index in [-0.39, 0.29) is 16.6 Å². The number of benzene rings is 1. The molecule has 1 saturated heterocycles. The Labute approximate surface area is 124 Å². The smallest absolute Gasteiger partial charge is 0.270 e. The first-order valence-corrected chi connectivity index (χ1v) is 8.29. The number of hydrogen-bond donors (Lipinski definition) is 1. The van der Waals surface area contributed by atoms with Gasteiger partial charge in [-0.3, -0.25) is 10.1 Å². The Morgan fingerprint density at radius 1 is 1.48 bits per heavy atom. The van der Waals surface area contributed by atoms with Gasteiger partial charge in [0.1, 0.15) is 0 Å². The minimum absolute atomic E-state index is 0.0189. The first-order chi connectivity index (χ1) is 9.87. The van der Waals surface area contributed by atoms with Crippen molar-refractivity contribution in [1.29, 1.82) is 0 Å². The summed E-state index contributed by atoms with van der Waals surface area (Å²) in [6, 6.07) is 3.85. The van der Waals surface area contributed by atoms with Gasteiger partial charge in [0, 0.05) is 31.3 Å². The molecule has 1 N–H and O–H groups in total. The number of rotatable bonds is 5. The van der Waals surface area contributed by atoms with Gasteiger partial charge < -0.3 is 5.32 Å². The molecule has 0 bridgehead atoms. The number of non-ortho nitro benzene ring substituents is 1. The van der Waals surface area contributed by atoms with Gasteiger partial charge in [-0.1, -0.05) is 13.0 Å². The monoisotopic (exact) mass is 313 g/mol. The van der Waals surface area contributed by atoms with E-state index >= 15 is 0 Å². The van der Waals surface area contributed by atoms with E-state index in [1.165, 1.54) is 16.4 Å². The van der Waals surface area contributed by atoms with Crippen molar-refractivity contribution < 1.29 is 13.3 Å². The second-order valence-electron chi connectivity index (χ2n) is 5.06. The van der Waals surface area contributed by atoms with Crippen LogP contribution in [-0.4, -0.2) is 43.3 Å². The number of nitro groups is 1. The Morgan fingerprint density at radius 2 is 2.19 bits per heavy atom. The Kier molecular flexibility index (Phi) is 4.60. The molecule has 1 aliphatic heterocycles. The molecule has 8 heteroatoms. The molecule has 0 radical (unpaired) electrons. The maximum Gasteiger partial charge on any atom is 0.270 e. The Morgan fingerprint density at radius 3 is 2.71 bits per heavy atom. The van der Waals surface area contributed by atoms with E-state index in [1.54, 1.807) is 13.8 Å². The third-order valence-electron chi connectivity index (χ3n) is 3.72. The number of nitro benzene ring substituents is 1. The van der Waals surface area contributed by atoms with Crippen molar-refractivity contribution in [1.82, 2.24) is 9.62 Å². The van der Waals surface area contributed by atoms with Crippen molar-refractivity contribution >= 4 is 15.7 Å². The third-order valence-corrected chi connectivity index (χ3v) is 5.89. The summed E-state index contributed by atoms with van der Waals surface area (Å²) in [6.45, 7) is 5.17. The predicted molar refractivity (Wildman–Crippen MR) is 78.7 cm³/mol. The van der Waals surface area contributed by atoms with Crippen LogP contribution in [-0.2, 0) is 10.0 Å². The van der Waals surface area contributed by atoms with Crippen LogP contribution in [0.5, 0.6) is 0 Å². The van der Waals surface area contributed by atoms with Crippen LogP contribution in [0.2, 0.25) is 0 Å². The second-order valence-corrected chi connectivity index (χ2v) is 6.92. The van der Waals surface area contributed by atoms with Crippen molar-refractivity contribution in [2.75, 3.05) is 19.6 Å². The van der Waals surface area contributed by atoms with Gasteiger partial charge in [-0.2, -0.15) is 4.31 Å². The van der Waals surface area contributed by atoms with Crippen molar-refractivity contribution in [3.05, 3.63) is 33.9 Å². The molecule has 0 amide bonds. The highest BCUT2D eigenvalue weighted by atomic mass is 32.2. The van der Waals surface area contributed by atoms with Crippen LogP contribution in [0, 0.1) is 17.0 Å². The molecule has 0 spiro atoms. The summed E-state index contributed by atoms with van der Waals surface area (Å²) in [7, 11) is -3.73. The van der Waals surface area contributed by atoms with Gasteiger partial charge in [-0.25, -0.2) is 8.42 Å². The summed E-state index contributed by atoms with van der Waals surface area (Å²) in [5.74, 6) is 0. The zero-order valence-electron chi connectivity index (χ0n) is 12.1. The second kappa shape index (κ2) is 6.08. The molecule has 1 aliphatic rings. The molecule has 2 rings (SSSR count). The van der Waals surface area contributed by atoms with Gasteiger partial charge in [0.05, 0.1) is 9.82 Å². The maximum absolute atomic E-state index is 12.8. The van der Waals surface area contributed by atoms with Crippen molar-refractivity contribution in [2.24, 2.45) is 0 Å². The van der Waals surface area contributed by atoms with Crippen LogP contribution in [0.25, 0.3) is 0 Å². The highest BCUT2D eigenvalue weighted by Gasteiger charge is 2.33. The highest BCUT2D eigenvalue weighted by molar-refractivity contribution is 7.89. The molecular weight excluding hydrogens is 294 g/mol. The van der Waals surface area contributed by atoms with Crippen LogP contribution in [0.3, 0.4) is 0 Å². The zero-order chi connectivity index (χ0) is 15.6. The molecule has 0 aromatic heterocycles. The van der Waals surface area contributed by atoms with Gasteiger partial charge in [0.2, 0.25) is 10.0 Å². The van der Waals surface area contributed by atoms with Crippen LogP contribution in [0.1, 0.15) is 18.9 Å². The highest BCUT2D eigenvalue weighted by Crippen LogP contribution is 2.27. The van der Waals surface area contributed by atoms with E-state index in [2.05, 4.69) is 5.32 Å². The normalized spacial score (nSPS) is 19.1. The van der Waals surface area contributed by atoms with Gasteiger partial charge >= 0.3 is 0 Å². The van der Waals surface area contributed by atoms with Crippen LogP contribution >= 0.6 is 0 Å². The lowest BCUT2D eigenvalue weighted by molar-refractivity contribution is -0.385. The zero-order valence-corrected chi connectivity index (χ0v) is 12.9. The van der Waals surface area contributed by atoms with Gasteiger partial charge in [-0.05, 0) is 25.5 Å². The molecule has 7 nitrogen and oxygen atoms in total. The molecule has 1 atom stereocenters. The molecule has 0 saturated carbocycles. The van der Waals surface area contributed by atoms with Crippen LogP contribution in [0.4, 0.5) is 5.69 Å². The quantitative estimate of drug-likeness (QED) is 0.653. The number of aryl methyl sites for hydroxylation is 1. The van der Waals surface area contributed by atoms with E-state index in [1.807, 2.05) is 0 Å². The van der Waals surface area contributed by atoms with E-state index < -0.39 is 14.9 Å². The molecule has 1 heterocycles. The number of nitrogens with one attached hydrogen (secondary N) is 1. The first kappa shape index (κ1) is 15.9. The standard InChI is InChI=1S/C13H19N3O4S/c1-3-15(12-6-7-14-9-12)21(19,20)13-8-11(16(17)18)5-4-10(13)2/h4-5,8,12,14H,3,6-7,9H2,1-2H3. The van der Waals surface area contributed by atoms with E-state index in [9.17, 15) is 18.5 Å². The maximum atomic E-state index is 12.8. The van der Waals surface area contributed by atoms with Crippen molar-refractivity contribution in [3.63, 3.8) is 0 Å². The van der Waals surface area contributed by atoms with Gasteiger partial charge in [0.25, 0.3) is 5.69 Å². The number of sulfonamides is 1. The average Bonchev–Trinajstić information content (AvgIpc) is 2.93. The first-order valence-electron chi connectivity index (χ1n) is 6.85. The summed E-state index contributed by atoms with van der Waals surface area (Å²) in [4.78, 5) is 10.3. The lowest BCUT2D eigenvalue weighted by Gasteiger charge is -2.26. The number of hydrogen-bond acceptors (Lipinski definition) is 5. The largest absolute Gasteiger partial charge is 0.315 e. The lowest BCUT2D eigenvalue weighted by Crippen LogP contribution is -2.41. The summed E-state index contributed by atoms with van der Waals surface area (Å²) >= 11 is 0. The van der Waals surface area contributed by atoms with Crippen molar-refractivity contribution in [3.8, 4) is 0 Å². The van der Waals surface area contributed by atoms with Crippen LogP contribution in [0.15, 0.2) is 23.1 Å². The molecule has 1 unspecified atom stereocenters. The van der Waals surface area contributed by atoms with E-state index in [4.69, 9.17) is 0 Å². The minimum Gasteiger partial charge on any atom is -0.315 e. The Bertz CT molecular complexity index is 639. The predicted octanol–water partition coefficient (Wildman–Crippen LogP) is 1.28. The SMILES string of the molecule is CCN(C1CCNC1)S(=O)(=O)c1cc([N+](=O)[O-])ccc1C. The van der Waals surface area contributed by atoms with Gasteiger partial charge in [0.15, 0.2) is 0 Å². The minimum atomic E-state index is -3.73. The summed E-state index contributed by atoms with van der Waals surface area (Å²) in [5, 5.41) is 14.0.